The molecule has 0 radical (unpaired) electrons. The lowest BCUT2D eigenvalue weighted by molar-refractivity contribution is 0.681. The minimum absolute atomic E-state index is 0.876. The number of hydrogen-bond acceptors (Lipinski definition) is 2. The van der Waals surface area contributed by atoms with Gasteiger partial charge in [0.05, 0.1) is 0 Å². The molecule has 2 aromatic carbocycles. The van der Waals surface area contributed by atoms with Crippen molar-refractivity contribution >= 4 is 11.4 Å². The molecule has 0 saturated heterocycles. The smallest absolute Gasteiger partial charge is 0.0437 e. The molecule has 102 valence electrons. The Labute approximate surface area is 120 Å². The van der Waals surface area contributed by atoms with Crippen molar-refractivity contribution in [2.45, 2.75) is 38.8 Å². The molecular weight excluding hydrogens is 244 g/mol. The average Bonchev–Trinajstić information content (AvgIpc) is 2.89. The predicted molar refractivity (Wildman–Crippen MR) is 83.8 cm³/mol. The standard InChI is InChI=1S/C18H20N2/c19-16-9-8-14-11-20(12-15(14)10-16)18-7-3-5-13-4-1-2-6-17(13)18/h3,5,7-10H,1-2,4,6,11-12,19H2. The number of rotatable bonds is 1. The number of fused-ring (bicyclic) bond motifs is 2. The van der Waals surface area contributed by atoms with E-state index >= 15 is 0 Å². The van der Waals surface area contributed by atoms with Gasteiger partial charge in [-0.05, 0) is 66.1 Å². The SMILES string of the molecule is Nc1ccc2c(c1)CN(c1cccc3c1CCCC3)C2. The van der Waals surface area contributed by atoms with Gasteiger partial charge in [0.1, 0.15) is 0 Å². The summed E-state index contributed by atoms with van der Waals surface area (Å²) in [5.41, 5.74) is 14.2. The first-order chi connectivity index (χ1) is 9.81. The summed E-state index contributed by atoms with van der Waals surface area (Å²) in [5.74, 6) is 0. The summed E-state index contributed by atoms with van der Waals surface area (Å²) in [6.07, 6.45) is 5.16. The first-order valence-electron chi connectivity index (χ1n) is 7.54. The van der Waals surface area contributed by atoms with Crippen LogP contribution in [0.3, 0.4) is 0 Å². The van der Waals surface area contributed by atoms with Gasteiger partial charge in [0, 0.05) is 24.5 Å². The average molecular weight is 264 g/mol. The highest BCUT2D eigenvalue weighted by atomic mass is 15.1. The molecule has 2 nitrogen and oxygen atoms in total. The maximum atomic E-state index is 5.91. The van der Waals surface area contributed by atoms with E-state index in [1.54, 1.807) is 11.1 Å². The summed E-state index contributed by atoms with van der Waals surface area (Å²) in [5, 5.41) is 0. The molecule has 0 amide bonds. The normalized spacial score (nSPS) is 16.9. The van der Waals surface area contributed by atoms with Gasteiger partial charge >= 0.3 is 0 Å². The highest BCUT2D eigenvalue weighted by Crippen LogP contribution is 2.35. The number of benzene rings is 2. The maximum Gasteiger partial charge on any atom is 0.0437 e. The predicted octanol–water partition coefficient (Wildman–Crippen LogP) is 3.67. The number of nitrogens with two attached hydrogens (primary N) is 1. The van der Waals surface area contributed by atoms with Crippen molar-refractivity contribution in [3.8, 4) is 0 Å². The summed E-state index contributed by atoms with van der Waals surface area (Å²) in [4.78, 5) is 2.51. The van der Waals surface area contributed by atoms with Crippen molar-refractivity contribution in [2.24, 2.45) is 0 Å². The quantitative estimate of drug-likeness (QED) is 0.796. The Hall–Kier alpha value is -1.96. The fourth-order valence-electron chi connectivity index (χ4n) is 3.64. The number of aryl methyl sites for hydroxylation is 1. The van der Waals surface area contributed by atoms with E-state index in [4.69, 9.17) is 5.73 Å². The van der Waals surface area contributed by atoms with Crippen molar-refractivity contribution in [3.63, 3.8) is 0 Å². The molecule has 0 fully saturated rings. The molecule has 2 heteroatoms. The first kappa shape index (κ1) is 11.8. The second kappa shape index (κ2) is 4.55. The highest BCUT2D eigenvalue weighted by Gasteiger charge is 2.23. The molecule has 0 aromatic heterocycles. The summed E-state index contributed by atoms with van der Waals surface area (Å²) in [7, 11) is 0. The van der Waals surface area contributed by atoms with Crippen LogP contribution in [0, 0.1) is 0 Å². The van der Waals surface area contributed by atoms with Crippen LogP contribution in [0.2, 0.25) is 0 Å². The van der Waals surface area contributed by atoms with E-state index in [9.17, 15) is 0 Å². The minimum atomic E-state index is 0.876. The molecule has 0 unspecified atom stereocenters. The van der Waals surface area contributed by atoms with Crippen molar-refractivity contribution in [1.29, 1.82) is 0 Å². The van der Waals surface area contributed by atoms with E-state index in [2.05, 4.69) is 35.2 Å². The molecule has 0 atom stereocenters. The van der Waals surface area contributed by atoms with E-state index in [1.165, 1.54) is 42.5 Å². The van der Waals surface area contributed by atoms with Gasteiger partial charge in [-0.1, -0.05) is 18.2 Å². The lowest BCUT2D eigenvalue weighted by atomic mass is 9.90. The minimum Gasteiger partial charge on any atom is -0.399 e. The molecule has 1 aliphatic heterocycles. The van der Waals surface area contributed by atoms with Crippen LogP contribution in [0.25, 0.3) is 0 Å². The fraction of sp³-hybridized carbons (Fsp3) is 0.333. The Morgan fingerprint density at radius 2 is 1.70 bits per heavy atom. The van der Waals surface area contributed by atoms with Crippen molar-refractivity contribution in [3.05, 3.63) is 58.7 Å². The van der Waals surface area contributed by atoms with E-state index in [0.29, 0.717) is 0 Å². The van der Waals surface area contributed by atoms with E-state index in [-0.39, 0.29) is 0 Å². The van der Waals surface area contributed by atoms with Crippen LogP contribution in [0.4, 0.5) is 11.4 Å². The van der Waals surface area contributed by atoms with E-state index < -0.39 is 0 Å². The number of nitrogens with zero attached hydrogens (tertiary/aromatic N) is 1. The monoisotopic (exact) mass is 264 g/mol. The molecule has 1 aliphatic carbocycles. The third-order valence-corrected chi connectivity index (χ3v) is 4.66. The Kier molecular flexibility index (Phi) is 2.69. The fourth-order valence-corrected chi connectivity index (χ4v) is 3.64. The van der Waals surface area contributed by atoms with Gasteiger partial charge < -0.3 is 10.6 Å². The molecule has 2 aliphatic rings. The summed E-state index contributed by atoms with van der Waals surface area (Å²) >= 11 is 0. The Morgan fingerprint density at radius 1 is 0.850 bits per heavy atom. The van der Waals surface area contributed by atoms with Gasteiger partial charge in [-0.2, -0.15) is 0 Å². The second-order valence-corrected chi connectivity index (χ2v) is 6.01. The van der Waals surface area contributed by atoms with Gasteiger partial charge in [0.15, 0.2) is 0 Å². The Morgan fingerprint density at radius 3 is 2.65 bits per heavy atom. The van der Waals surface area contributed by atoms with Crippen LogP contribution >= 0.6 is 0 Å². The van der Waals surface area contributed by atoms with Gasteiger partial charge in [-0.3, -0.25) is 0 Å². The van der Waals surface area contributed by atoms with Crippen LogP contribution in [0.15, 0.2) is 36.4 Å². The molecule has 0 saturated carbocycles. The Balaban J connectivity index is 1.71. The van der Waals surface area contributed by atoms with Crippen LogP contribution in [0.1, 0.15) is 35.1 Å². The third-order valence-electron chi connectivity index (χ3n) is 4.66. The first-order valence-corrected chi connectivity index (χ1v) is 7.54. The van der Waals surface area contributed by atoms with Gasteiger partial charge in [0.25, 0.3) is 0 Å². The largest absolute Gasteiger partial charge is 0.399 e. The molecule has 4 rings (SSSR count). The van der Waals surface area contributed by atoms with E-state index in [1.807, 2.05) is 6.07 Å². The second-order valence-electron chi connectivity index (χ2n) is 6.01. The molecule has 20 heavy (non-hydrogen) atoms. The lowest BCUT2D eigenvalue weighted by Crippen LogP contribution is -2.18. The van der Waals surface area contributed by atoms with Crippen LogP contribution in [0.5, 0.6) is 0 Å². The third kappa shape index (κ3) is 1.87. The van der Waals surface area contributed by atoms with Crippen molar-refractivity contribution in [2.75, 3.05) is 10.6 Å². The number of anilines is 2. The maximum absolute atomic E-state index is 5.91. The zero-order valence-electron chi connectivity index (χ0n) is 11.7. The Bertz CT molecular complexity index is 660. The van der Waals surface area contributed by atoms with Gasteiger partial charge in [-0.15, -0.1) is 0 Å². The molecule has 1 heterocycles. The van der Waals surface area contributed by atoms with Gasteiger partial charge in [-0.25, -0.2) is 0 Å². The summed E-state index contributed by atoms with van der Waals surface area (Å²) < 4.78 is 0. The lowest BCUT2D eigenvalue weighted by Gasteiger charge is -2.26. The summed E-state index contributed by atoms with van der Waals surface area (Å²) in [6.45, 7) is 2.02. The highest BCUT2D eigenvalue weighted by molar-refractivity contribution is 5.61. The van der Waals surface area contributed by atoms with Crippen molar-refractivity contribution in [1.82, 2.24) is 0 Å². The van der Waals surface area contributed by atoms with Crippen molar-refractivity contribution < 1.29 is 0 Å². The molecule has 0 spiro atoms. The van der Waals surface area contributed by atoms with Crippen LogP contribution in [-0.2, 0) is 25.9 Å². The molecular formula is C18H20N2. The molecule has 2 N–H and O–H groups in total. The number of hydrogen-bond donors (Lipinski definition) is 1. The van der Waals surface area contributed by atoms with E-state index in [0.717, 1.165) is 18.8 Å². The van der Waals surface area contributed by atoms with Gasteiger partial charge in [0.2, 0.25) is 0 Å². The topological polar surface area (TPSA) is 29.3 Å². The van der Waals surface area contributed by atoms with Crippen LogP contribution < -0.4 is 10.6 Å². The number of nitrogen functional groups attached to an aromatic ring is 1. The zero-order chi connectivity index (χ0) is 13.5. The molecule has 2 aromatic rings. The molecule has 0 bridgehead atoms. The zero-order valence-corrected chi connectivity index (χ0v) is 11.7. The van der Waals surface area contributed by atoms with Crippen LogP contribution in [-0.4, -0.2) is 0 Å². The summed E-state index contributed by atoms with van der Waals surface area (Å²) in [6, 6.07) is 13.1.